The van der Waals surface area contributed by atoms with Crippen molar-refractivity contribution in [1.82, 2.24) is 5.43 Å². The number of nitrogens with zero attached hydrogens (tertiary/aromatic N) is 2. The van der Waals surface area contributed by atoms with E-state index < -0.39 is 16.7 Å². The second-order valence-corrected chi connectivity index (χ2v) is 7.14. The van der Waals surface area contributed by atoms with Gasteiger partial charge in [0.15, 0.2) is 0 Å². The van der Waals surface area contributed by atoms with Gasteiger partial charge in [0, 0.05) is 28.9 Å². The Hall–Kier alpha value is -4.85. The van der Waals surface area contributed by atoms with Crippen molar-refractivity contribution in [2.24, 2.45) is 5.10 Å². The summed E-state index contributed by atoms with van der Waals surface area (Å²) in [6.07, 6.45) is 1.57. The number of hydrogen-bond acceptors (Lipinski definition) is 5. The van der Waals surface area contributed by atoms with Crippen LogP contribution in [0.2, 0.25) is 0 Å². The molecule has 2 N–H and O–H groups in total. The van der Waals surface area contributed by atoms with Gasteiger partial charge in [0.25, 0.3) is 17.5 Å². The van der Waals surface area contributed by atoms with E-state index in [0.717, 1.165) is 16.3 Å². The number of rotatable bonds is 6. The fourth-order valence-corrected chi connectivity index (χ4v) is 3.19. The van der Waals surface area contributed by atoms with E-state index in [1.807, 2.05) is 42.5 Å². The normalized spacial score (nSPS) is 10.8. The van der Waals surface area contributed by atoms with Crippen molar-refractivity contribution in [1.29, 1.82) is 0 Å². The summed E-state index contributed by atoms with van der Waals surface area (Å²) in [5.74, 6) is -0.889. The zero-order valence-corrected chi connectivity index (χ0v) is 17.3. The molecule has 4 aromatic carbocycles. The molecule has 162 valence electrons. The molecule has 0 bridgehead atoms. The number of fused-ring (bicyclic) bond motifs is 1. The van der Waals surface area contributed by atoms with E-state index >= 15 is 0 Å². The molecule has 0 heterocycles. The average molecular weight is 438 g/mol. The van der Waals surface area contributed by atoms with Gasteiger partial charge in [0.2, 0.25) is 0 Å². The number of hydrogen-bond donors (Lipinski definition) is 2. The number of non-ortho nitro benzene ring substituents is 1. The molecule has 0 aliphatic rings. The minimum atomic E-state index is -0.563. The number of nitrogens with one attached hydrogen (secondary N) is 2. The zero-order chi connectivity index (χ0) is 23.2. The van der Waals surface area contributed by atoms with Crippen LogP contribution in [-0.2, 0) is 0 Å². The Bertz CT molecular complexity index is 1380. The molecule has 0 radical (unpaired) electrons. The molecule has 8 heteroatoms. The molecule has 33 heavy (non-hydrogen) atoms. The van der Waals surface area contributed by atoms with Crippen LogP contribution in [0, 0.1) is 10.1 Å². The molecule has 0 aromatic heterocycles. The molecule has 8 nitrogen and oxygen atoms in total. The van der Waals surface area contributed by atoms with Gasteiger partial charge in [-0.25, -0.2) is 5.43 Å². The van der Waals surface area contributed by atoms with Crippen LogP contribution in [0.5, 0.6) is 0 Å². The molecular formula is C25H18N4O4. The molecule has 0 spiro atoms. The van der Waals surface area contributed by atoms with Crippen molar-refractivity contribution < 1.29 is 14.5 Å². The monoisotopic (exact) mass is 438 g/mol. The maximum atomic E-state index is 12.3. The van der Waals surface area contributed by atoms with Crippen molar-refractivity contribution in [3.8, 4) is 0 Å². The topological polar surface area (TPSA) is 114 Å². The summed E-state index contributed by atoms with van der Waals surface area (Å²) in [4.78, 5) is 35.0. The second kappa shape index (κ2) is 9.52. The van der Waals surface area contributed by atoms with E-state index in [9.17, 15) is 19.7 Å². The summed E-state index contributed by atoms with van der Waals surface area (Å²) in [5.41, 5.74) is 4.13. The van der Waals surface area contributed by atoms with E-state index in [1.54, 1.807) is 30.5 Å². The standard InChI is InChI=1S/C25H18N4O4/c30-24(21-6-3-7-23(15-21)29(32)33)27-22-12-10-19(11-13-22)25(31)28-26-16-17-8-9-18-4-1-2-5-20(18)14-17/h1-16H,(H,27,30)(H,28,31)/b26-16-. The minimum absolute atomic E-state index is 0.161. The van der Waals surface area contributed by atoms with Gasteiger partial charge in [0.05, 0.1) is 11.1 Å². The predicted octanol–water partition coefficient (Wildman–Crippen LogP) is 4.76. The molecule has 4 rings (SSSR count). The maximum Gasteiger partial charge on any atom is 0.271 e. The molecular weight excluding hydrogens is 420 g/mol. The summed E-state index contributed by atoms with van der Waals surface area (Å²) in [7, 11) is 0. The number of carbonyl (C=O) groups is 2. The highest BCUT2D eigenvalue weighted by Crippen LogP contribution is 2.16. The van der Waals surface area contributed by atoms with Gasteiger partial charge in [-0.1, -0.05) is 42.5 Å². The van der Waals surface area contributed by atoms with Gasteiger partial charge in [-0.05, 0) is 52.7 Å². The van der Waals surface area contributed by atoms with Crippen LogP contribution in [0.3, 0.4) is 0 Å². The van der Waals surface area contributed by atoms with E-state index in [0.29, 0.717) is 11.3 Å². The highest BCUT2D eigenvalue weighted by Gasteiger charge is 2.12. The second-order valence-electron chi connectivity index (χ2n) is 7.14. The molecule has 0 saturated heterocycles. The van der Waals surface area contributed by atoms with Crippen LogP contribution in [-0.4, -0.2) is 23.0 Å². The van der Waals surface area contributed by atoms with Crippen LogP contribution < -0.4 is 10.7 Å². The van der Waals surface area contributed by atoms with Gasteiger partial charge in [-0.3, -0.25) is 19.7 Å². The van der Waals surface area contributed by atoms with Crippen molar-refractivity contribution in [3.05, 3.63) is 118 Å². The lowest BCUT2D eigenvalue weighted by Gasteiger charge is -2.06. The lowest BCUT2D eigenvalue weighted by Crippen LogP contribution is -2.18. The van der Waals surface area contributed by atoms with E-state index in [2.05, 4.69) is 15.8 Å². The number of amides is 2. The Kier molecular flexibility index (Phi) is 6.17. The van der Waals surface area contributed by atoms with Crippen LogP contribution in [0.1, 0.15) is 26.3 Å². The Morgan fingerprint density at radius 2 is 1.55 bits per heavy atom. The van der Waals surface area contributed by atoms with Gasteiger partial charge in [-0.2, -0.15) is 5.10 Å². The van der Waals surface area contributed by atoms with Gasteiger partial charge < -0.3 is 5.32 Å². The highest BCUT2D eigenvalue weighted by atomic mass is 16.6. The number of benzene rings is 4. The minimum Gasteiger partial charge on any atom is -0.322 e. The van der Waals surface area contributed by atoms with Crippen LogP contribution in [0.15, 0.2) is 96.1 Å². The Labute approximate surface area is 188 Å². The largest absolute Gasteiger partial charge is 0.322 e. The van der Waals surface area contributed by atoms with Crippen molar-refractivity contribution in [2.45, 2.75) is 0 Å². The zero-order valence-electron chi connectivity index (χ0n) is 17.3. The number of nitro groups is 1. The fraction of sp³-hybridized carbons (Fsp3) is 0. The Morgan fingerprint density at radius 1 is 0.788 bits per heavy atom. The predicted molar refractivity (Wildman–Crippen MR) is 126 cm³/mol. The van der Waals surface area contributed by atoms with Crippen molar-refractivity contribution in [2.75, 3.05) is 5.32 Å². The lowest BCUT2D eigenvalue weighted by atomic mass is 10.1. The summed E-state index contributed by atoms with van der Waals surface area (Å²) in [5, 5.41) is 19.7. The number of hydrazone groups is 1. The summed E-state index contributed by atoms with van der Waals surface area (Å²) in [6.45, 7) is 0. The first-order valence-electron chi connectivity index (χ1n) is 9.98. The summed E-state index contributed by atoms with van der Waals surface area (Å²) in [6, 6.07) is 25.5. The van der Waals surface area contributed by atoms with Crippen molar-refractivity contribution >= 4 is 40.2 Å². The van der Waals surface area contributed by atoms with Crippen LogP contribution in [0.25, 0.3) is 10.8 Å². The van der Waals surface area contributed by atoms with Crippen LogP contribution >= 0.6 is 0 Å². The van der Waals surface area contributed by atoms with Gasteiger partial charge >= 0.3 is 0 Å². The Morgan fingerprint density at radius 3 is 2.30 bits per heavy atom. The smallest absolute Gasteiger partial charge is 0.271 e. The van der Waals surface area contributed by atoms with Crippen LogP contribution in [0.4, 0.5) is 11.4 Å². The van der Waals surface area contributed by atoms with E-state index in [-0.39, 0.29) is 11.3 Å². The number of anilines is 1. The average Bonchev–Trinajstić information content (AvgIpc) is 2.84. The molecule has 0 fully saturated rings. The first-order chi connectivity index (χ1) is 16.0. The highest BCUT2D eigenvalue weighted by molar-refractivity contribution is 6.05. The van der Waals surface area contributed by atoms with E-state index in [1.165, 1.54) is 24.3 Å². The molecule has 2 amide bonds. The third-order valence-corrected chi connectivity index (χ3v) is 4.88. The molecule has 0 unspecified atom stereocenters. The quantitative estimate of drug-likeness (QED) is 0.256. The van der Waals surface area contributed by atoms with Gasteiger partial charge in [-0.15, -0.1) is 0 Å². The third kappa shape index (κ3) is 5.26. The molecule has 0 aliphatic heterocycles. The molecule has 0 saturated carbocycles. The lowest BCUT2D eigenvalue weighted by molar-refractivity contribution is -0.384. The molecule has 0 aliphatic carbocycles. The number of carbonyl (C=O) groups excluding carboxylic acids is 2. The fourth-order valence-electron chi connectivity index (χ4n) is 3.19. The molecule has 4 aromatic rings. The number of nitro benzene ring substituents is 1. The third-order valence-electron chi connectivity index (χ3n) is 4.88. The summed E-state index contributed by atoms with van der Waals surface area (Å²) >= 11 is 0. The summed E-state index contributed by atoms with van der Waals surface area (Å²) < 4.78 is 0. The maximum absolute atomic E-state index is 12.3. The van der Waals surface area contributed by atoms with Crippen molar-refractivity contribution in [3.63, 3.8) is 0 Å². The van der Waals surface area contributed by atoms with Gasteiger partial charge in [0.1, 0.15) is 0 Å². The first kappa shape index (κ1) is 21.4. The SMILES string of the molecule is O=C(N/N=C\c1ccc2ccccc2c1)c1ccc(NC(=O)c2cccc([N+](=O)[O-])c2)cc1. The van der Waals surface area contributed by atoms with E-state index in [4.69, 9.17) is 0 Å². The Balaban J connectivity index is 1.36. The first-order valence-corrected chi connectivity index (χ1v) is 9.98. The molecule has 0 atom stereocenters.